The van der Waals surface area contributed by atoms with Crippen molar-refractivity contribution in [2.75, 3.05) is 55.1 Å². The van der Waals surface area contributed by atoms with Crippen LogP contribution in [0.5, 0.6) is 0 Å². The molecule has 8 nitrogen and oxygen atoms in total. The number of halogens is 1. The second kappa shape index (κ2) is 9.28. The van der Waals surface area contributed by atoms with Crippen molar-refractivity contribution < 1.29 is 4.84 Å². The summed E-state index contributed by atoms with van der Waals surface area (Å²) >= 11 is 6.14. The summed E-state index contributed by atoms with van der Waals surface area (Å²) in [6, 6.07) is 12.3. The molecule has 4 heterocycles. The molecule has 1 atom stereocenters. The summed E-state index contributed by atoms with van der Waals surface area (Å²) in [6.07, 6.45) is 5.83. The van der Waals surface area contributed by atoms with Crippen LogP contribution in [0.15, 0.2) is 55.1 Å². The average molecular weight is 452 g/mol. The van der Waals surface area contributed by atoms with Crippen LogP contribution in [0.4, 0.5) is 23.0 Å². The first kappa shape index (κ1) is 20.9. The Morgan fingerprint density at radius 1 is 1.03 bits per heavy atom. The van der Waals surface area contributed by atoms with Crippen LogP contribution in [0.3, 0.4) is 0 Å². The molecule has 1 unspecified atom stereocenters. The molecule has 0 bridgehead atoms. The summed E-state index contributed by atoms with van der Waals surface area (Å²) in [7, 11) is 2.17. The van der Waals surface area contributed by atoms with E-state index in [0.29, 0.717) is 23.3 Å². The lowest BCUT2D eigenvalue weighted by atomic mass is 10.1. The van der Waals surface area contributed by atoms with Crippen LogP contribution >= 0.6 is 11.6 Å². The van der Waals surface area contributed by atoms with Crippen LogP contribution in [0.1, 0.15) is 18.0 Å². The largest absolute Gasteiger partial charge is 0.369 e. The van der Waals surface area contributed by atoms with Crippen LogP contribution in [-0.4, -0.2) is 59.7 Å². The number of hydroxylamine groups is 1. The molecule has 0 aliphatic carbocycles. The van der Waals surface area contributed by atoms with E-state index in [4.69, 9.17) is 16.4 Å². The van der Waals surface area contributed by atoms with Crippen LogP contribution in [0, 0.1) is 0 Å². The van der Waals surface area contributed by atoms with Gasteiger partial charge in [0.05, 0.1) is 17.7 Å². The molecule has 0 radical (unpaired) electrons. The highest BCUT2D eigenvalue weighted by Gasteiger charge is 2.29. The predicted molar refractivity (Wildman–Crippen MR) is 127 cm³/mol. The number of nitrogens with zero attached hydrogens (tertiary/aromatic N) is 6. The molecule has 166 valence electrons. The van der Waals surface area contributed by atoms with Crippen LogP contribution in [-0.2, 0) is 4.84 Å². The van der Waals surface area contributed by atoms with Crippen LogP contribution < -0.4 is 15.3 Å². The third kappa shape index (κ3) is 4.62. The molecular weight excluding hydrogens is 426 g/mol. The summed E-state index contributed by atoms with van der Waals surface area (Å²) in [6.45, 7) is 4.90. The van der Waals surface area contributed by atoms with Gasteiger partial charge in [0, 0.05) is 62.4 Å². The zero-order valence-electron chi connectivity index (χ0n) is 18.0. The molecule has 2 fully saturated rings. The Kier molecular flexibility index (Phi) is 6.07. The first-order chi connectivity index (χ1) is 15.7. The van der Waals surface area contributed by atoms with Crippen molar-refractivity contribution in [2.24, 2.45) is 0 Å². The summed E-state index contributed by atoms with van der Waals surface area (Å²) in [5.74, 6) is 1.40. The standard InChI is InChI=1S/C23H26ClN7O/c1-29-7-9-30(10-8-29)20-4-2-19(3-5-20)28-22-13-23(27-16-26-22)31-21(6-11-32-31)17-12-18(24)15-25-14-17/h2-5,12-16,21H,6-11H2,1H3,(H,26,27,28). The van der Waals surface area contributed by atoms with Crippen molar-refractivity contribution in [3.63, 3.8) is 0 Å². The van der Waals surface area contributed by atoms with E-state index < -0.39 is 0 Å². The lowest BCUT2D eigenvalue weighted by Crippen LogP contribution is -2.44. The molecule has 0 spiro atoms. The Hall–Kier alpha value is -2.94. The normalized spacial score (nSPS) is 19.4. The van der Waals surface area contributed by atoms with Gasteiger partial charge >= 0.3 is 0 Å². The fourth-order valence-corrected chi connectivity index (χ4v) is 4.29. The van der Waals surface area contributed by atoms with E-state index in [9.17, 15) is 0 Å². The Bertz CT molecular complexity index is 1060. The molecule has 2 aliphatic rings. The van der Waals surface area contributed by atoms with Gasteiger partial charge < -0.3 is 15.1 Å². The number of benzene rings is 1. The molecule has 1 aromatic carbocycles. The SMILES string of the molecule is CN1CCN(c2ccc(Nc3cc(N4OCCC4c4cncc(Cl)c4)ncn3)cc2)CC1. The number of nitrogens with one attached hydrogen (secondary N) is 1. The molecule has 3 aromatic rings. The second-order valence-corrected chi connectivity index (χ2v) is 8.56. The monoisotopic (exact) mass is 451 g/mol. The third-order valence-corrected chi connectivity index (χ3v) is 6.11. The Balaban J connectivity index is 1.29. The van der Waals surface area contributed by atoms with Crippen LogP contribution in [0.25, 0.3) is 0 Å². The van der Waals surface area contributed by atoms with Crippen molar-refractivity contribution in [2.45, 2.75) is 12.5 Å². The molecule has 0 saturated carbocycles. The van der Waals surface area contributed by atoms with E-state index >= 15 is 0 Å². The highest BCUT2D eigenvalue weighted by molar-refractivity contribution is 6.30. The van der Waals surface area contributed by atoms with E-state index in [-0.39, 0.29) is 6.04 Å². The highest BCUT2D eigenvalue weighted by Crippen LogP contribution is 2.35. The van der Waals surface area contributed by atoms with Gasteiger partial charge in [-0.25, -0.2) is 15.0 Å². The molecule has 2 saturated heterocycles. The summed E-state index contributed by atoms with van der Waals surface area (Å²) in [5, 5.41) is 5.80. The van der Waals surface area contributed by atoms with Crippen molar-refractivity contribution in [1.29, 1.82) is 0 Å². The van der Waals surface area contributed by atoms with E-state index in [2.05, 4.69) is 61.4 Å². The topological polar surface area (TPSA) is 69.7 Å². The summed E-state index contributed by atoms with van der Waals surface area (Å²) in [4.78, 5) is 23.7. The van der Waals surface area contributed by atoms with Gasteiger partial charge in [-0.05, 0) is 42.9 Å². The number of anilines is 4. The molecule has 5 rings (SSSR count). The zero-order valence-corrected chi connectivity index (χ0v) is 18.7. The van der Waals surface area contributed by atoms with Gasteiger partial charge in [-0.2, -0.15) is 0 Å². The molecular formula is C23H26ClN7O. The van der Waals surface area contributed by atoms with Gasteiger partial charge in [0.2, 0.25) is 0 Å². The Morgan fingerprint density at radius 2 is 1.84 bits per heavy atom. The maximum absolute atomic E-state index is 6.14. The number of likely N-dealkylation sites (N-methyl/N-ethyl adjacent to an activating group) is 1. The van der Waals surface area contributed by atoms with Gasteiger partial charge in [0.15, 0.2) is 5.82 Å². The zero-order chi connectivity index (χ0) is 21.9. The Labute approximate surface area is 192 Å². The minimum absolute atomic E-state index is 0.00632. The fourth-order valence-electron chi connectivity index (χ4n) is 4.11. The first-order valence-electron chi connectivity index (χ1n) is 10.8. The maximum Gasteiger partial charge on any atom is 0.158 e. The van der Waals surface area contributed by atoms with E-state index in [1.807, 2.05) is 23.4 Å². The molecule has 32 heavy (non-hydrogen) atoms. The number of rotatable bonds is 5. The smallest absolute Gasteiger partial charge is 0.158 e. The van der Waals surface area contributed by atoms with E-state index in [1.54, 1.807) is 12.5 Å². The summed E-state index contributed by atoms with van der Waals surface area (Å²) in [5.41, 5.74) is 3.23. The van der Waals surface area contributed by atoms with E-state index in [1.165, 1.54) is 5.69 Å². The highest BCUT2D eigenvalue weighted by atomic mass is 35.5. The number of hydrogen-bond acceptors (Lipinski definition) is 8. The average Bonchev–Trinajstić information content (AvgIpc) is 3.31. The van der Waals surface area contributed by atoms with Gasteiger partial charge in [0.25, 0.3) is 0 Å². The summed E-state index contributed by atoms with van der Waals surface area (Å²) < 4.78 is 0. The number of hydrogen-bond donors (Lipinski definition) is 1. The maximum atomic E-state index is 6.14. The lowest BCUT2D eigenvalue weighted by Gasteiger charge is -2.34. The van der Waals surface area contributed by atoms with Crippen molar-refractivity contribution in [3.05, 3.63) is 65.7 Å². The molecule has 2 aromatic heterocycles. The van der Waals surface area contributed by atoms with Gasteiger partial charge in [0.1, 0.15) is 12.1 Å². The van der Waals surface area contributed by atoms with Crippen molar-refractivity contribution in [3.8, 4) is 0 Å². The number of piperazine rings is 1. The van der Waals surface area contributed by atoms with Gasteiger partial charge in [-0.1, -0.05) is 11.6 Å². The molecule has 1 N–H and O–H groups in total. The fraction of sp³-hybridized carbons (Fsp3) is 0.348. The van der Waals surface area contributed by atoms with Crippen LogP contribution in [0.2, 0.25) is 5.02 Å². The third-order valence-electron chi connectivity index (χ3n) is 5.90. The molecule has 9 heteroatoms. The Morgan fingerprint density at radius 3 is 2.62 bits per heavy atom. The lowest BCUT2D eigenvalue weighted by molar-refractivity contribution is 0.157. The predicted octanol–water partition coefficient (Wildman–Crippen LogP) is 3.90. The quantitative estimate of drug-likeness (QED) is 0.626. The van der Waals surface area contributed by atoms with E-state index in [0.717, 1.165) is 43.9 Å². The number of pyridine rings is 1. The molecule has 2 aliphatic heterocycles. The first-order valence-corrected chi connectivity index (χ1v) is 11.2. The minimum Gasteiger partial charge on any atom is -0.369 e. The van der Waals surface area contributed by atoms with Crippen molar-refractivity contribution in [1.82, 2.24) is 19.9 Å². The van der Waals surface area contributed by atoms with Gasteiger partial charge in [-0.15, -0.1) is 0 Å². The van der Waals surface area contributed by atoms with Crippen molar-refractivity contribution >= 4 is 34.6 Å². The molecule has 0 amide bonds. The van der Waals surface area contributed by atoms with Gasteiger partial charge in [-0.3, -0.25) is 9.82 Å². The number of aromatic nitrogens is 3. The second-order valence-electron chi connectivity index (χ2n) is 8.12. The minimum atomic E-state index is 0.00632.